The van der Waals surface area contributed by atoms with Crippen LogP contribution in [0.5, 0.6) is 0 Å². The topological polar surface area (TPSA) is 66.3 Å². The monoisotopic (exact) mass is 337 g/mol. The minimum atomic E-state index is -0.856. The average molecular weight is 337 g/mol. The van der Waals surface area contributed by atoms with E-state index in [2.05, 4.69) is 10.2 Å². The number of amides is 1. The zero-order chi connectivity index (χ0) is 17.3. The predicted molar refractivity (Wildman–Crippen MR) is 93.8 cm³/mol. The Balaban J connectivity index is 1.66. The smallest absolute Gasteiger partial charge is 0.274 e. The van der Waals surface area contributed by atoms with Gasteiger partial charge in [-0.1, -0.05) is 43.2 Å². The molecule has 1 aliphatic carbocycles. The van der Waals surface area contributed by atoms with Crippen molar-refractivity contribution in [2.24, 2.45) is 5.92 Å². The van der Waals surface area contributed by atoms with Crippen molar-refractivity contribution in [3.05, 3.63) is 59.9 Å². The van der Waals surface area contributed by atoms with Gasteiger partial charge in [-0.25, -0.2) is 0 Å². The third-order valence-corrected chi connectivity index (χ3v) is 5.80. The molecule has 1 saturated carbocycles. The molecule has 0 spiro atoms. The summed E-state index contributed by atoms with van der Waals surface area (Å²) in [6, 6.07) is 13.4. The van der Waals surface area contributed by atoms with Crippen LogP contribution in [-0.2, 0) is 5.60 Å². The van der Waals surface area contributed by atoms with E-state index < -0.39 is 5.60 Å². The summed E-state index contributed by atoms with van der Waals surface area (Å²) < 4.78 is 0. The molecule has 1 aliphatic heterocycles. The van der Waals surface area contributed by atoms with Crippen LogP contribution in [-0.4, -0.2) is 38.7 Å². The SMILES string of the molecule is O=C(c1cccnn1)N1CCC(O)(c2ccccc2)[C@H]2CCCC[C@H]21. The van der Waals surface area contributed by atoms with E-state index in [4.69, 9.17) is 0 Å². The Bertz CT molecular complexity index is 737. The van der Waals surface area contributed by atoms with Crippen molar-refractivity contribution in [3.63, 3.8) is 0 Å². The molecule has 25 heavy (non-hydrogen) atoms. The van der Waals surface area contributed by atoms with E-state index in [9.17, 15) is 9.90 Å². The molecule has 1 aromatic carbocycles. The van der Waals surface area contributed by atoms with Crippen LogP contribution in [0.2, 0.25) is 0 Å². The molecule has 1 aromatic heterocycles. The summed E-state index contributed by atoms with van der Waals surface area (Å²) in [6.45, 7) is 0.544. The molecule has 1 N–H and O–H groups in total. The van der Waals surface area contributed by atoms with Crippen molar-refractivity contribution >= 4 is 5.91 Å². The largest absolute Gasteiger partial charge is 0.385 e. The lowest BCUT2D eigenvalue weighted by Crippen LogP contribution is -2.59. The van der Waals surface area contributed by atoms with Gasteiger partial charge in [-0.3, -0.25) is 4.79 Å². The van der Waals surface area contributed by atoms with Crippen molar-refractivity contribution < 1.29 is 9.90 Å². The van der Waals surface area contributed by atoms with Gasteiger partial charge in [0.2, 0.25) is 0 Å². The Labute approximate surface area is 147 Å². The molecule has 2 fully saturated rings. The minimum Gasteiger partial charge on any atom is -0.385 e. The highest BCUT2D eigenvalue weighted by Gasteiger charge is 2.50. The third kappa shape index (κ3) is 2.82. The second kappa shape index (κ2) is 6.56. The predicted octanol–water partition coefficient (Wildman–Crippen LogP) is 2.77. The van der Waals surface area contributed by atoms with Gasteiger partial charge in [0.1, 0.15) is 0 Å². The Morgan fingerprint density at radius 1 is 1.12 bits per heavy atom. The molecule has 1 saturated heterocycles. The second-order valence-electron chi connectivity index (χ2n) is 7.11. The molecule has 5 nitrogen and oxygen atoms in total. The van der Waals surface area contributed by atoms with Crippen LogP contribution < -0.4 is 0 Å². The molecule has 4 rings (SSSR count). The average Bonchev–Trinajstić information content (AvgIpc) is 2.69. The van der Waals surface area contributed by atoms with E-state index in [1.54, 1.807) is 18.3 Å². The van der Waals surface area contributed by atoms with Crippen molar-refractivity contribution in [3.8, 4) is 0 Å². The number of aromatic nitrogens is 2. The zero-order valence-electron chi connectivity index (χ0n) is 14.2. The Hall–Kier alpha value is -2.27. The molecule has 0 radical (unpaired) electrons. The number of carbonyl (C=O) groups is 1. The summed E-state index contributed by atoms with van der Waals surface area (Å²) in [6.07, 6.45) is 6.21. The molecule has 130 valence electrons. The fourth-order valence-electron chi connectivity index (χ4n) is 4.58. The van der Waals surface area contributed by atoms with E-state index in [0.717, 1.165) is 31.2 Å². The van der Waals surface area contributed by atoms with Crippen molar-refractivity contribution in [1.82, 2.24) is 15.1 Å². The van der Waals surface area contributed by atoms with Gasteiger partial charge in [0.25, 0.3) is 5.91 Å². The van der Waals surface area contributed by atoms with Crippen LogP contribution in [0, 0.1) is 5.92 Å². The number of aliphatic hydroxyl groups is 1. The summed E-state index contributed by atoms with van der Waals surface area (Å²) in [4.78, 5) is 14.9. The maximum atomic E-state index is 12.9. The van der Waals surface area contributed by atoms with Gasteiger partial charge in [-0.2, -0.15) is 5.10 Å². The minimum absolute atomic E-state index is 0.0576. The summed E-state index contributed by atoms with van der Waals surface area (Å²) in [5.41, 5.74) is 0.501. The first kappa shape index (κ1) is 16.2. The van der Waals surface area contributed by atoms with Crippen LogP contribution in [0.15, 0.2) is 48.7 Å². The van der Waals surface area contributed by atoms with E-state index in [-0.39, 0.29) is 17.9 Å². The Kier molecular flexibility index (Phi) is 4.25. The van der Waals surface area contributed by atoms with Crippen molar-refractivity contribution in [1.29, 1.82) is 0 Å². The van der Waals surface area contributed by atoms with Gasteiger partial charge in [0.05, 0.1) is 5.60 Å². The highest BCUT2D eigenvalue weighted by atomic mass is 16.3. The summed E-state index contributed by atoms with van der Waals surface area (Å²) in [5, 5.41) is 19.4. The fraction of sp³-hybridized carbons (Fsp3) is 0.450. The number of likely N-dealkylation sites (tertiary alicyclic amines) is 1. The third-order valence-electron chi connectivity index (χ3n) is 5.80. The van der Waals surface area contributed by atoms with Gasteiger partial charge >= 0.3 is 0 Å². The number of piperidine rings is 1. The normalized spacial score (nSPS) is 29.1. The maximum Gasteiger partial charge on any atom is 0.274 e. The fourth-order valence-corrected chi connectivity index (χ4v) is 4.58. The molecule has 2 heterocycles. The first-order valence-electron chi connectivity index (χ1n) is 9.07. The van der Waals surface area contributed by atoms with Crippen LogP contribution in [0.25, 0.3) is 0 Å². The molecule has 1 amide bonds. The van der Waals surface area contributed by atoms with Gasteiger partial charge in [-0.05, 0) is 37.0 Å². The molecule has 2 aromatic rings. The molecular weight excluding hydrogens is 314 g/mol. The molecule has 3 atom stereocenters. The van der Waals surface area contributed by atoms with Crippen molar-refractivity contribution in [2.75, 3.05) is 6.54 Å². The van der Waals surface area contributed by atoms with Gasteiger partial charge in [-0.15, -0.1) is 5.10 Å². The van der Waals surface area contributed by atoms with Crippen molar-refractivity contribution in [2.45, 2.75) is 43.7 Å². The van der Waals surface area contributed by atoms with Crippen LogP contribution in [0.4, 0.5) is 0 Å². The number of rotatable bonds is 2. The quantitative estimate of drug-likeness (QED) is 0.915. The zero-order valence-corrected chi connectivity index (χ0v) is 14.2. The summed E-state index contributed by atoms with van der Waals surface area (Å²) >= 11 is 0. The van der Waals surface area contributed by atoms with Crippen LogP contribution >= 0.6 is 0 Å². The number of hydrogen-bond acceptors (Lipinski definition) is 4. The van der Waals surface area contributed by atoms with E-state index >= 15 is 0 Å². The van der Waals surface area contributed by atoms with Gasteiger partial charge in [0.15, 0.2) is 5.69 Å². The lowest BCUT2D eigenvalue weighted by molar-refractivity contribution is -0.110. The van der Waals surface area contributed by atoms with Gasteiger partial charge < -0.3 is 10.0 Å². The number of fused-ring (bicyclic) bond motifs is 1. The molecular formula is C20H23N3O2. The molecule has 1 unspecified atom stereocenters. The summed E-state index contributed by atoms with van der Waals surface area (Å²) in [7, 11) is 0. The number of hydrogen-bond donors (Lipinski definition) is 1. The summed E-state index contributed by atoms with van der Waals surface area (Å²) in [5.74, 6) is -0.00173. The first-order valence-corrected chi connectivity index (χ1v) is 9.07. The van der Waals surface area contributed by atoms with Crippen LogP contribution in [0.1, 0.15) is 48.2 Å². The highest BCUT2D eigenvalue weighted by Crippen LogP contribution is 2.47. The number of nitrogens with zero attached hydrogens (tertiary/aromatic N) is 3. The molecule has 2 aliphatic rings. The lowest BCUT2D eigenvalue weighted by atomic mass is 9.66. The standard InChI is InChI=1S/C20H23N3O2/c24-19(17-10-6-13-21-22-17)23-14-12-20(25,15-7-2-1-3-8-15)16-9-4-5-11-18(16)23/h1-3,6-8,10,13,16,18,25H,4-5,9,11-12,14H2/t16-,18+,20?/m0/s1. The molecule has 0 bridgehead atoms. The van der Waals surface area contributed by atoms with E-state index in [1.807, 2.05) is 35.2 Å². The second-order valence-corrected chi connectivity index (χ2v) is 7.11. The lowest BCUT2D eigenvalue weighted by Gasteiger charge is -2.52. The van der Waals surface area contributed by atoms with Crippen LogP contribution in [0.3, 0.4) is 0 Å². The molecule has 5 heteroatoms. The van der Waals surface area contributed by atoms with E-state index in [1.165, 1.54) is 0 Å². The Morgan fingerprint density at radius 2 is 1.92 bits per heavy atom. The van der Waals surface area contributed by atoms with Gasteiger partial charge in [0, 0.05) is 24.7 Å². The first-order chi connectivity index (χ1) is 12.2. The number of benzene rings is 1. The maximum absolute atomic E-state index is 12.9. The number of carbonyl (C=O) groups excluding carboxylic acids is 1. The van der Waals surface area contributed by atoms with E-state index in [0.29, 0.717) is 18.7 Å². The highest BCUT2D eigenvalue weighted by molar-refractivity contribution is 5.92. The Morgan fingerprint density at radius 3 is 2.68 bits per heavy atom.